The number of nitrogens with zero attached hydrogens (tertiary/aromatic N) is 3. The summed E-state index contributed by atoms with van der Waals surface area (Å²) in [5.74, 6) is -0.593. The lowest BCUT2D eigenvalue weighted by molar-refractivity contribution is 0.0428. The second-order valence-electron chi connectivity index (χ2n) is 7.04. The van der Waals surface area contributed by atoms with Gasteiger partial charge in [-0.15, -0.1) is 0 Å². The Morgan fingerprint density at radius 1 is 1.44 bits per heavy atom. The number of alkyl halides is 2. The summed E-state index contributed by atoms with van der Waals surface area (Å²) in [6, 6.07) is 3.28. The van der Waals surface area contributed by atoms with Crippen molar-refractivity contribution in [3.63, 3.8) is 0 Å². The Morgan fingerprint density at radius 2 is 2.22 bits per heavy atom. The normalized spacial score (nSPS) is 16.0. The summed E-state index contributed by atoms with van der Waals surface area (Å²) in [4.78, 5) is 16.4. The number of hydrogen-bond acceptors (Lipinski definition) is 5. The number of rotatable bonds is 5. The van der Waals surface area contributed by atoms with Crippen LogP contribution in [0.4, 0.5) is 8.78 Å². The van der Waals surface area contributed by atoms with E-state index in [-0.39, 0.29) is 17.5 Å². The molecular formula is C18H18ClF2N3O3. The first kappa shape index (κ1) is 19.3. The van der Waals surface area contributed by atoms with E-state index in [4.69, 9.17) is 21.1 Å². The monoisotopic (exact) mass is 397 g/mol. The Kier molecular flexibility index (Phi) is 5.46. The van der Waals surface area contributed by atoms with Gasteiger partial charge in [0.15, 0.2) is 0 Å². The molecule has 0 aromatic carbocycles. The smallest absolute Gasteiger partial charge is 0.347 e. The molecule has 0 saturated carbocycles. The van der Waals surface area contributed by atoms with Crippen molar-refractivity contribution in [2.24, 2.45) is 5.41 Å². The van der Waals surface area contributed by atoms with Crippen LogP contribution in [0.5, 0.6) is 0 Å². The molecule has 3 rings (SSSR count). The van der Waals surface area contributed by atoms with E-state index in [1.54, 1.807) is 12.1 Å². The average Bonchev–Trinajstić information content (AvgIpc) is 3.00. The Hall–Kier alpha value is -2.48. The van der Waals surface area contributed by atoms with Gasteiger partial charge in [-0.1, -0.05) is 31.5 Å². The lowest BCUT2D eigenvalue weighted by Crippen LogP contribution is -2.24. The molecule has 0 fully saturated rings. The van der Waals surface area contributed by atoms with Gasteiger partial charge in [-0.2, -0.15) is 5.10 Å². The molecule has 2 aromatic heterocycles. The predicted octanol–water partition coefficient (Wildman–Crippen LogP) is 4.36. The van der Waals surface area contributed by atoms with Gasteiger partial charge in [0.05, 0.1) is 13.2 Å². The summed E-state index contributed by atoms with van der Waals surface area (Å²) in [6.45, 7) is 4.56. The average molecular weight is 398 g/mol. The molecule has 9 heteroatoms. The topological polar surface area (TPSA) is 66.2 Å². The fraction of sp³-hybridized carbons (Fsp3) is 0.389. The molecule has 144 valence electrons. The fourth-order valence-electron chi connectivity index (χ4n) is 2.68. The lowest BCUT2D eigenvalue weighted by Gasteiger charge is -2.28. The quantitative estimate of drug-likeness (QED) is 0.554. The van der Waals surface area contributed by atoms with Gasteiger partial charge in [0.25, 0.3) is 6.43 Å². The summed E-state index contributed by atoms with van der Waals surface area (Å²) in [5.41, 5.74) is -0.413. The van der Waals surface area contributed by atoms with E-state index in [0.29, 0.717) is 29.5 Å². The van der Waals surface area contributed by atoms with Crippen molar-refractivity contribution in [2.75, 3.05) is 6.61 Å². The second-order valence-corrected chi connectivity index (χ2v) is 7.43. The van der Waals surface area contributed by atoms with Gasteiger partial charge >= 0.3 is 5.97 Å². The van der Waals surface area contributed by atoms with Crippen LogP contribution >= 0.6 is 11.6 Å². The highest BCUT2D eigenvalue weighted by atomic mass is 35.5. The highest BCUT2D eigenvalue weighted by molar-refractivity contribution is 6.29. The fourth-order valence-corrected chi connectivity index (χ4v) is 2.79. The Bertz CT molecular complexity index is 863. The van der Waals surface area contributed by atoms with Crippen molar-refractivity contribution in [3.8, 4) is 0 Å². The van der Waals surface area contributed by atoms with E-state index in [9.17, 15) is 13.6 Å². The standard InChI is InChI=1S/C18H18ClF2N3O3/c1-18(2)5-12(9-26-10-18)27-17(25)13-8-24(23-15(13)16(20)21)7-11-3-4-14(19)22-6-11/h3-4,6,8-9,16H,5,7,10H2,1-2H3. The minimum Gasteiger partial charge on any atom is -0.497 e. The number of allylic oxidation sites excluding steroid dienone is 1. The third-order valence-corrected chi connectivity index (χ3v) is 4.14. The minimum absolute atomic E-state index is 0.163. The van der Waals surface area contributed by atoms with Gasteiger partial charge in [-0.25, -0.2) is 18.6 Å². The molecule has 0 spiro atoms. The Balaban J connectivity index is 1.79. The number of esters is 1. The molecule has 0 aliphatic carbocycles. The molecule has 2 aromatic rings. The van der Waals surface area contributed by atoms with Gasteiger partial charge in [0, 0.05) is 24.2 Å². The van der Waals surface area contributed by atoms with Crippen LogP contribution in [0.15, 0.2) is 36.5 Å². The number of halogens is 3. The molecule has 0 amide bonds. The zero-order valence-corrected chi connectivity index (χ0v) is 15.5. The van der Waals surface area contributed by atoms with Crippen LogP contribution in [0.25, 0.3) is 0 Å². The maximum absolute atomic E-state index is 13.3. The highest BCUT2D eigenvalue weighted by Crippen LogP contribution is 2.31. The molecule has 0 unspecified atom stereocenters. The van der Waals surface area contributed by atoms with Gasteiger partial charge < -0.3 is 9.47 Å². The third kappa shape index (κ3) is 4.82. The zero-order valence-electron chi connectivity index (χ0n) is 14.8. The number of pyridine rings is 1. The van der Waals surface area contributed by atoms with Crippen LogP contribution in [-0.4, -0.2) is 27.3 Å². The number of hydrogen-bond donors (Lipinski definition) is 0. The van der Waals surface area contributed by atoms with E-state index < -0.39 is 18.1 Å². The van der Waals surface area contributed by atoms with Crippen molar-refractivity contribution < 1.29 is 23.0 Å². The van der Waals surface area contributed by atoms with Crippen molar-refractivity contribution in [1.29, 1.82) is 0 Å². The number of aromatic nitrogens is 3. The van der Waals surface area contributed by atoms with Crippen LogP contribution in [0.2, 0.25) is 5.15 Å². The number of carbonyl (C=O) groups is 1. The highest BCUT2D eigenvalue weighted by Gasteiger charge is 2.29. The zero-order chi connectivity index (χ0) is 19.6. The van der Waals surface area contributed by atoms with Crippen LogP contribution in [0.3, 0.4) is 0 Å². The first-order chi connectivity index (χ1) is 12.7. The van der Waals surface area contributed by atoms with E-state index in [1.807, 2.05) is 13.8 Å². The molecular weight excluding hydrogens is 380 g/mol. The van der Waals surface area contributed by atoms with Crippen molar-refractivity contribution in [1.82, 2.24) is 14.8 Å². The SMILES string of the molecule is CC1(C)COC=C(OC(=O)c2cn(Cc3ccc(Cl)nc3)nc2C(F)F)C1. The Morgan fingerprint density at radius 3 is 2.85 bits per heavy atom. The maximum atomic E-state index is 13.3. The maximum Gasteiger partial charge on any atom is 0.347 e. The molecule has 0 radical (unpaired) electrons. The summed E-state index contributed by atoms with van der Waals surface area (Å²) in [6.07, 6.45) is 1.65. The largest absolute Gasteiger partial charge is 0.497 e. The number of ether oxygens (including phenoxy) is 2. The molecule has 1 aliphatic heterocycles. The van der Waals surface area contributed by atoms with Crippen molar-refractivity contribution in [3.05, 3.63) is 58.5 Å². The number of carbonyl (C=O) groups excluding carboxylic acids is 1. The first-order valence-electron chi connectivity index (χ1n) is 8.22. The van der Waals surface area contributed by atoms with Crippen molar-refractivity contribution in [2.45, 2.75) is 33.2 Å². The van der Waals surface area contributed by atoms with Gasteiger partial charge in [0.2, 0.25) is 0 Å². The van der Waals surface area contributed by atoms with E-state index >= 15 is 0 Å². The molecule has 1 aliphatic rings. The van der Waals surface area contributed by atoms with Gasteiger partial charge in [0.1, 0.15) is 28.4 Å². The van der Waals surface area contributed by atoms with Gasteiger partial charge in [-0.3, -0.25) is 4.68 Å². The van der Waals surface area contributed by atoms with Crippen LogP contribution < -0.4 is 0 Å². The van der Waals surface area contributed by atoms with Crippen LogP contribution in [-0.2, 0) is 16.0 Å². The predicted molar refractivity (Wildman–Crippen MR) is 93.4 cm³/mol. The summed E-state index contributed by atoms with van der Waals surface area (Å²) in [7, 11) is 0. The molecule has 27 heavy (non-hydrogen) atoms. The first-order valence-corrected chi connectivity index (χ1v) is 8.60. The third-order valence-electron chi connectivity index (χ3n) is 3.92. The summed E-state index contributed by atoms with van der Waals surface area (Å²) in [5, 5.41) is 4.15. The van der Waals surface area contributed by atoms with E-state index in [0.717, 1.165) is 0 Å². The van der Waals surface area contributed by atoms with E-state index in [2.05, 4.69) is 10.1 Å². The van der Waals surface area contributed by atoms with Crippen LogP contribution in [0.1, 0.15) is 48.3 Å². The minimum atomic E-state index is -2.91. The van der Waals surface area contributed by atoms with Crippen molar-refractivity contribution >= 4 is 17.6 Å². The molecule has 0 atom stereocenters. The van der Waals surface area contributed by atoms with E-state index in [1.165, 1.54) is 23.3 Å². The Labute approximate surface area is 159 Å². The summed E-state index contributed by atoms with van der Waals surface area (Å²) >= 11 is 5.73. The van der Waals surface area contributed by atoms with Crippen LogP contribution in [0, 0.1) is 5.41 Å². The second kappa shape index (κ2) is 7.64. The lowest BCUT2D eigenvalue weighted by atomic mass is 9.88. The molecule has 3 heterocycles. The summed E-state index contributed by atoms with van der Waals surface area (Å²) < 4.78 is 38.5. The molecule has 0 saturated heterocycles. The molecule has 0 N–H and O–H groups in total. The molecule has 6 nitrogen and oxygen atoms in total. The molecule has 0 bridgehead atoms. The van der Waals surface area contributed by atoms with Gasteiger partial charge in [-0.05, 0) is 11.6 Å².